The molecular formula is C13H17N3O2S2. The van der Waals surface area contributed by atoms with Crippen LogP contribution in [0.3, 0.4) is 0 Å². The Bertz CT molecular complexity index is 637. The molecule has 20 heavy (non-hydrogen) atoms. The average Bonchev–Trinajstić information content (AvgIpc) is 2.93. The van der Waals surface area contributed by atoms with Crippen LogP contribution in [0.2, 0.25) is 0 Å². The molecular weight excluding hydrogens is 294 g/mol. The molecule has 0 radical (unpaired) electrons. The van der Waals surface area contributed by atoms with Gasteiger partial charge in [-0.25, -0.2) is 18.1 Å². The molecule has 1 aromatic carbocycles. The van der Waals surface area contributed by atoms with Crippen molar-refractivity contribution in [2.24, 2.45) is 0 Å². The van der Waals surface area contributed by atoms with Gasteiger partial charge in [-0.1, -0.05) is 0 Å². The van der Waals surface area contributed by atoms with Gasteiger partial charge in [-0.3, -0.25) is 0 Å². The molecule has 0 aliphatic rings. The third-order valence-corrected chi connectivity index (χ3v) is 5.21. The minimum atomic E-state index is -3.53. The van der Waals surface area contributed by atoms with Crippen molar-refractivity contribution in [2.75, 3.05) is 11.9 Å². The Labute approximate surface area is 123 Å². The Kier molecular flexibility index (Phi) is 4.74. The van der Waals surface area contributed by atoms with Crippen LogP contribution in [0.5, 0.6) is 0 Å². The number of anilines is 1. The first kappa shape index (κ1) is 15.0. The molecule has 1 heterocycles. The molecule has 5 nitrogen and oxygen atoms in total. The van der Waals surface area contributed by atoms with Gasteiger partial charge in [0.05, 0.1) is 10.9 Å². The van der Waals surface area contributed by atoms with Gasteiger partial charge in [-0.15, -0.1) is 11.3 Å². The van der Waals surface area contributed by atoms with Crippen LogP contribution in [-0.4, -0.2) is 19.9 Å². The summed E-state index contributed by atoms with van der Waals surface area (Å²) < 4.78 is 27.1. The first-order chi connectivity index (χ1) is 9.53. The highest BCUT2D eigenvalue weighted by Crippen LogP contribution is 2.19. The molecule has 7 heteroatoms. The van der Waals surface area contributed by atoms with Crippen LogP contribution in [0.1, 0.15) is 24.9 Å². The Morgan fingerprint density at radius 2 is 2.00 bits per heavy atom. The second kappa shape index (κ2) is 6.34. The molecule has 0 amide bonds. The zero-order valence-corrected chi connectivity index (χ0v) is 13.0. The second-order valence-electron chi connectivity index (χ2n) is 4.27. The average molecular weight is 311 g/mol. The van der Waals surface area contributed by atoms with E-state index in [1.54, 1.807) is 37.4 Å². The van der Waals surface area contributed by atoms with Crippen LogP contribution in [0.15, 0.2) is 40.7 Å². The van der Waals surface area contributed by atoms with Gasteiger partial charge >= 0.3 is 0 Å². The zero-order valence-electron chi connectivity index (χ0n) is 11.3. The molecule has 2 rings (SSSR count). The quantitative estimate of drug-likeness (QED) is 0.860. The lowest BCUT2D eigenvalue weighted by Crippen LogP contribution is -2.26. The first-order valence-corrected chi connectivity index (χ1v) is 8.65. The SMILES string of the molecule is CCNc1ccc(S(=O)(=O)NC(C)c2nccs2)cc1. The standard InChI is InChI=1S/C13H17N3O2S2/c1-3-14-11-4-6-12(7-5-11)20(17,18)16-10(2)13-15-8-9-19-13/h4-10,14,16H,3H2,1-2H3. The van der Waals surface area contributed by atoms with Crippen molar-refractivity contribution in [1.82, 2.24) is 9.71 Å². The van der Waals surface area contributed by atoms with Crippen LogP contribution in [-0.2, 0) is 10.0 Å². The van der Waals surface area contributed by atoms with Crippen molar-refractivity contribution in [3.05, 3.63) is 40.8 Å². The topological polar surface area (TPSA) is 71.1 Å². The van der Waals surface area contributed by atoms with Crippen LogP contribution in [0.4, 0.5) is 5.69 Å². The van der Waals surface area contributed by atoms with Gasteiger partial charge in [0.25, 0.3) is 0 Å². The number of rotatable bonds is 6. The summed E-state index contributed by atoms with van der Waals surface area (Å²) in [6.07, 6.45) is 1.66. The highest BCUT2D eigenvalue weighted by atomic mass is 32.2. The predicted molar refractivity (Wildman–Crippen MR) is 81.5 cm³/mol. The fourth-order valence-corrected chi connectivity index (χ4v) is 3.68. The number of hydrogen-bond acceptors (Lipinski definition) is 5. The predicted octanol–water partition coefficient (Wildman–Crippen LogP) is 2.61. The van der Waals surface area contributed by atoms with E-state index < -0.39 is 10.0 Å². The molecule has 0 saturated carbocycles. The van der Waals surface area contributed by atoms with Gasteiger partial charge in [0.15, 0.2) is 0 Å². The number of aromatic nitrogens is 1. The summed E-state index contributed by atoms with van der Waals surface area (Å²) in [6, 6.07) is 6.36. The van der Waals surface area contributed by atoms with Gasteiger partial charge in [-0.2, -0.15) is 0 Å². The van der Waals surface area contributed by atoms with Crippen molar-refractivity contribution < 1.29 is 8.42 Å². The molecule has 1 aromatic heterocycles. The summed E-state index contributed by atoms with van der Waals surface area (Å²) in [6.45, 7) is 4.57. The largest absolute Gasteiger partial charge is 0.385 e. The van der Waals surface area contributed by atoms with Crippen molar-refractivity contribution in [1.29, 1.82) is 0 Å². The molecule has 0 aliphatic carbocycles. The van der Waals surface area contributed by atoms with Crippen LogP contribution >= 0.6 is 11.3 Å². The van der Waals surface area contributed by atoms with Crippen molar-refractivity contribution in [2.45, 2.75) is 24.8 Å². The van der Waals surface area contributed by atoms with E-state index in [1.807, 2.05) is 12.3 Å². The fraction of sp³-hybridized carbons (Fsp3) is 0.308. The van der Waals surface area contributed by atoms with Gasteiger partial charge < -0.3 is 5.32 Å². The molecule has 0 saturated heterocycles. The van der Waals surface area contributed by atoms with Crippen LogP contribution < -0.4 is 10.0 Å². The Hall–Kier alpha value is -1.44. The molecule has 2 aromatic rings. The summed E-state index contributed by atoms with van der Waals surface area (Å²) in [4.78, 5) is 4.37. The normalized spacial score (nSPS) is 13.1. The summed E-state index contributed by atoms with van der Waals surface area (Å²) in [5.74, 6) is 0. The lowest BCUT2D eigenvalue weighted by atomic mass is 10.3. The van der Waals surface area contributed by atoms with E-state index in [1.165, 1.54) is 11.3 Å². The molecule has 0 spiro atoms. The van der Waals surface area contributed by atoms with Crippen molar-refractivity contribution in [3.63, 3.8) is 0 Å². The van der Waals surface area contributed by atoms with E-state index >= 15 is 0 Å². The van der Waals surface area contributed by atoms with E-state index in [-0.39, 0.29) is 10.9 Å². The lowest BCUT2D eigenvalue weighted by molar-refractivity contribution is 0.566. The lowest BCUT2D eigenvalue weighted by Gasteiger charge is -2.12. The maximum Gasteiger partial charge on any atom is 0.241 e. The molecule has 2 N–H and O–H groups in total. The zero-order chi connectivity index (χ0) is 14.6. The monoisotopic (exact) mass is 311 g/mol. The molecule has 0 aliphatic heterocycles. The number of hydrogen-bond donors (Lipinski definition) is 2. The Morgan fingerprint density at radius 1 is 1.30 bits per heavy atom. The third kappa shape index (κ3) is 3.56. The smallest absolute Gasteiger partial charge is 0.241 e. The number of nitrogens with zero attached hydrogens (tertiary/aromatic N) is 1. The second-order valence-corrected chi connectivity index (χ2v) is 6.91. The summed E-state index contributed by atoms with van der Waals surface area (Å²) in [7, 11) is -3.53. The van der Waals surface area contributed by atoms with Gasteiger partial charge in [0.2, 0.25) is 10.0 Å². The van der Waals surface area contributed by atoms with E-state index in [4.69, 9.17) is 0 Å². The van der Waals surface area contributed by atoms with Crippen LogP contribution in [0, 0.1) is 0 Å². The number of sulfonamides is 1. The van der Waals surface area contributed by atoms with Crippen LogP contribution in [0.25, 0.3) is 0 Å². The van der Waals surface area contributed by atoms with Gasteiger partial charge in [-0.05, 0) is 38.1 Å². The van der Waals surface area contributed by atoms with Crippen molar-refractivity contribution >= 4 is 27.0 Å². The maximum absolute atomic E-state index is 12.3. The molecule has 1 atom stereocenters. The number of thiazole rings is 1. The van der Waals surface area contributed by atoms with E-state index in [9.17, 15) is 8.42 Å². The third-order valence-electron chi connectivity index (χ3n) is 2.70. The molecule has 0 bridgehead atoms. The minimum Gasteiger partial charge on any atom is -0.385 e. The maximum atomic E-state index is 12.3. The molecule has 108 valence electrons. The summed E-state index contributed by atoms with van der Waals surface area (Å²) >= 11 is 1.43. The number of benzene rings is 1. The number of nitrogens with one attached hydrogen (secondary N) is 2. The van der Waals surface area contributed by atoms with E-state index in [2.05, 4.69) is 15.0 Å². The van der Waals surface area contributed by atoms with E-state index in [0.717, 1.165) is 17.2 Å². The highest BCUT2D eigenvalue weighted by molar-refractivity contribution is 7.89. The van der Waals surface area contributed by atoms with E-state index in [0.29, 0.717) is 0 Å². The highest BCUT2D eigenvalue weighted by Gasteiger charge is 2.19. The first-order valence-electron chi connectivity index (χ1n) is 6.28. The molecule has 1 unspecified atom stereocenters. The summed E-state index contributed by atoms with van der Waals surface area (Å²) in [5.41, 5.74) is 0.902. The minimum absolute atomic E-state index is 0.252. The van der Waals surface area contributed by atoms with Gasteiger partial charge in [0.1, 0.15) is 5.01 Å². The fourth-order valence-electron chi connectivity index (χ4n) is 1.76. The Balaban J connectivity index is 2.13. The molecule has 0 fully saturated rings. The Morgan fingerprint density at radius 3 is 2.55 bits per heavy atom. The van der Waals surface area contributed by atoms with Gasteiger partial charge in [0, 0.05) is 23.8 Å². The van der Waals surface area contributed by atoms with Crippen molar-refractivity contribution in [3.8, 4) is 0 Å². The summed E-state index contributed by atoms with van der Waals surface area (Å²) in [5, 5.41) is 5.70.